The van der Waals surface area contributed by atoms with Crippen molar-refractivity contribution in [2.75, 3.05) is 0 Å². The number of hydrogen-bond donors (Lipinski definition) is 0. The Morgan fingerprint density at radius 2 is 1.16 bits per heavy atom. The lowest BCUT2D eigenvalue weighted by Gasteiger charge is -2.52. The number of carbonyl (C=O) groups is 1. The molecule has 8 aliphatic rings. The number of fused-ring (bicyclic) bond motifs is 18. The lowest BCUT2D eigenvalue weighted by molar-refractivity contribution is -0.180. The number of carbonyl (C=O) groups excluding carboxylic acids is 1. The van der Waals surface area contributed by atoms with Gasteiger partial charge in [0.1, 0.15) is 5.60 Å². The molecule has 0 aliphatic heterocycles. The van der Waals surface area contributed by atoms with Crippen LogP contribution in [0.3, 0.4) is 0 Å². The summed E-state index contributed by atoms with van der Waals surface area (Å²) in [6, 6.07) is 0. The quantitative estimate of drug-likeness (QED) is 0.311. The Kier molecular flexibility index (Phi) is 3.61. The van der Waals surface area contributed by atoms with E-state index >= 15 is 0 Å². The van der Waals surface area contributed by atoms with Gasteiger partial charge in [0.25, 0.3) is 0 Å². The molecule has 14 unspecified atom stereocenters. The third-order valence-corrected chi connectivity index (χ3v) is 13.4. The van der Waals surface area contributed by atoms with E-state index in [4.69, 9.17) is 4.74 Å². The van der Waals surface area contributed by atoms with Gasteiger partial charge in [0, 0.05) is 17.9 Å². The molecule has 0 aromatic carbocycles. The van der Waals surface area contributed by atoms with Crippen molar-refractivity contribution >= 4 is 5.97 Å². The Morgan fingerprint density at radius 1 is 0.710 bits per heavy atom. The van der Waals surface area contributed by atoms with Gasteiger partial charge in [0.05, 0.1) is 0 Å². The van der Waals surface area contributed by atoms with Gasteiger partial charge in [0.2, 0.25) is 0 Å². The van der Waals surface area contributed by atoms with Crippen LogP contribution in [0.2, 0.25) is 0 Å². The summed E-state index contributed by atoms with van der Waals surface area (Å²) in [4.78, 5) is 12.7. The second kappa shape index (κ2) is 6.01. The van der Waals surface area contributed by atoms with Crippen molar-refractivity contribution in [3.63, 3.8) is 0 Å². The first-order chi connectivity index (χ1) is 15.1. The first-order valence-electron chi connectivity index (χ1n) is 13.9. The predicted octanol–water partition coefficient (Wildman–Crippen LogP) is 6.11. The average Bonchev–Trinajstić information content (AvgIpc) is 3.62. The second-order valence-corrected chi connectivity index (χ2v) is 13.8. The van der Waals surface area contributed by atoms with Gasteiger partial charge in [-0.3, -0.25) is 0 Å². The molecule has 0 heterocycles. The van der Waals surface area contributed by atoms with E-state index in [1.165, 1.54) is 70.3 Å². The lowest BCUT2D eigenvalue weighted by atomic mass is 9.57. The molecule has 8 fully saturated rings. The van der Waals surface area contributed by atoms with Gasteiger partial charge >= 0.3 is 5.97 Å². The molecule has 2 nitrogen and oxygen atoms in total. The van der Waals surface area contributed by atoms with Gasteiger partial charge in [-0.25, -0.2) is 4.79 Å². The summed E-state index contributed by atoms with van der Waals surface area (Å²) in [5, 5.41) is 0. The van der Waals surface area contributed by atoms with Crippen LogP contribution in [0.5, 0.6) is 0 Å². The summed E-state index contributed by atoms with van der Waals surface area (Å²) in [6.07, 6.45) is 16.1. The first kappa shape index (κ1) is 18.6. The van der Waals surface area contributed by atoms with Crippen LogP contribution in [0.15, 0.2) is 12.7 Å². The molecule has 8 saturated carbocycles. The highest BCUT2D eigenvalue weighted by molar-refractivity contribution is 5.81. The highest BCUT2D eigenvalue weighted by atomic mass is 16.6. The molecule has 31 heavy (non-hydrogen) atoms. The normalized spacial score (nSPS) is 60.9. The van der Waals surface area contributed by atoms with E-state index in [1.54, 1.807) is 0 Å². The van der Waals surface area contributed by atoms with Crippen LogP contribution in [0.1, 0.15) is 71.1 Å². The van der Waals surface area contributed by atoms with Crippen molar-refractivity contribution in [3.8, 4) is 0 Å². The summed E-state index contributed by atoms with van der Waals surface area (Å²) in [7, 11) is 0. The second-order valence-electron chi connectivity index (χ2n) is 13.8. The van der Waals surface area contributed by atoms with Gasteiger partial charge in [-0.2, -0.15) is 0 Å². The van der Waals surface area contributed by atoms with Crippen LogP contribution in [-0.4, -0.2) is 11.6 Å². The fourth-order valence-corrected chi connectivity index (χ4v) is 13.1. The zero-order valence-electron chi connectivity index (χ0n) is 19.3. The fourth-order valence-electron chi connectivity index (χ4n) is 13.1. The van der Waals surface area contributed by atoms with Crippen LogP contribution in [0, 0.1) is 82.9 Å². The molecular weight excluding hydrogens is 380 g/mol. The minimum atomic E-state index is -0.246. The zero-order valence-corrected chi connectivity index (χ0v) is 19.3. The minimum absolute atomic E-state index is 0.151. The first-order valence-corrected chi connectivity index (χ1v) is 13.9. The van der Waals surface area contributed by atoms with Crippen molar-refractivity contribution in [2.45, 2.75) is 76.7 Å². The van der Waals surface area contributed by atoms with E-state index in [-0.39, 0.29) is 11.6 Å². The maximum Gasteiger partial charge on any atom is 0.330 e. The maximum atomic E-state index is 12.7. The van der Waals surface area contributed by atoms with E-state index in [2.05, 4.69) is 13.5 Å². The zero-order chi connectivity index (χ0) is 20.6. The van der Waals surface area contributed by atoms with Crippen molar-refractivity contribution in [1.29, 1.82) is 0 Å². The van der Waals surface area contributed by atoms with Crippen LogP contribution >= 0.6 is 0 Å². The van der Waals surface area contributed by atoms with E-state index in [1.807, 2.05) is 0 Å². The standard InChI is InChI=1S/C29H40O2/c1-3-24(30)31-29(2,22-12-18-10-20(22)27-16-6-4-14(8-16)25(18)27)23-13-19-11-21(23)28-17-7-5-15(9-17)26(19)28/h3,14-23,25-28H,1,4-13H2,2H3. The Bertz CT molecular complexity index is 777. The topological polar surface area (TPSA) is 26.3 Å². The third kappa shape index (κ3) is 2.15. The number of hydrogen-bond acceptors (Lipinski definition) is 2. The van der Waals surface area contributed by atoms with Crippen molar-refractivity contribution < 1.29 is 9.53 Å². The molecule has 0 radical (unpaired) electrons. The summed E-state index contributed by atoms with van der Waals surface area (Å²) >= 11 is 0. The molecule has 0 spiro atoms. The molecule has 8 aliphatic carbocycles. The van der Waals surface area contributed by atoms with Crippen LogP contribution in [0.25, 0.3) is 0 Å². The van der Waals surface area contributed by atoms with Gasteiger partial charge in [-0.15, -0.1) is 0 Å². The molecule has 8 rings (SSSR count). The molecule has 0 amide bonds. The van der Waals surface area contributed by atoms with Crippen LogP contribution in [-0.2, 0) is 9.53 Å². The van der Waals surface area contributed by atoms with Crippen molar-refractivity contribution in [1.82, 2.24) is 0 Å². The van der Waals surface area contributed by atoms with Gasteiger partial charge in [-0.05, 0) is 142 Å². The van der Waals surface area contributed by atoms with Crippen LogP contribution < -0.4 is 0 Å². The Morgan fingerprint density at radius 3 is 1.61 bits per heavy atom. The molecule has 0 aromatic heterocycles. The van der Waals surface area contributed by atoms with Gasteiger partial charge in [0.15, 0.2) is 0 Å². The molecule has 168 valence electrons. The molecule has 0 N–H and O–H groups in total. The SMILES string of the molecule is C=CC(=O)OC(C)(C1CC2CC1C1C3CCC(C3)C21)C1CC2CC1C1C3CCC(C3)C21. The highest BCUT2D eigenvalue weighted by Crippen LogP contribution is 2.74. The highest BCUT2D eigenvalue weighted by Gasteiger charge is 2.70. The molecule has 14 atom stereocenters. The Labute approximate surface area is 187 Å². The average molecular weight is 421 g/mol. The third-order valence-electron chi connectivity index (χ3n) is 13.4. The predicted molar refractivity (Wildman–Crippen MR) is 120 cm³/mol. The Balaban J connectivity index is 1.14. The van der Waals surface area contributed by atoms with E-state index < -0.39 is 0 Å². The van der Waals surface area contributed by atoms with Crippen LogP contribution in [0.4, 0.5) is 0 Å². The fraction of sp³-hybridized carbons (Fsp3) is 0.897. The number of ether oxygens (including phenoxy) is 1. The molecule has 2 heteroatoms. The number of esters is 1. The smallest absolute Gasteiger partial charge is 0.330 e. The Hall–Kier alpha value is -0.790. The molecule has 8 bridgehead atoms. The molecule has 0 saturated heterocycles. The van der Waals surface area contributed by atoms with Crippen molar-refractivity contribution in [3.05, 3.63) is 12.7 Å². The van der Waals surface area contributed by atoms with E-state index in [9.17, 15) is 4.79 Å². The van der Waals surface area contributed by atoms with Gasteiger partial charge in [-0.1, -0.05) is 6.58 Å². The molecular formula is C29H40O2. The molecule has 0 aromatic rings. The number of rotatable bonds is 4. The van der Waals surface area contributed by atoms with Gasteiger partial charge < -0.3 is 4.74 Å². The van der Waals surface area contributed by atoms with Crippen molar-refractivity contribution in [2.24, 2.45) is 82.9 Å². The summed E-state index contributed by atoms with van der Waals surface area (Å²) in [5.41, 5.74) is -0.246. The summed E-state index contributed by atoms with van der Waals surface area (Å²) in [5.74, 6) is 12.7. The summed E-state index contributed by atoms with van der Waals surface area (Å²) in [6.45, 7) is 6.20. The minimum Gasteiger partial charge on any atom is -0.456 e. The monoisotopic (exact) mass is 420 g/mol. The summed E-state index contributed by atoms with van der Waals surface area (Å²) < 4.78 is 6.56. The van der Waals surface area contributed by atoms with E-state index in [0.29, 0.717) is 11.8 Å². The largest absolute Gasteiger partial charge is 0.456 e. The van der Waals surface area contributed by atoms with E-state index in [0.717, 1.165) is 71.0 Å². The lowest BCUT2D eigenvalue weighted by Crippen LogP contribution is -2.54. The maximum absolute atomic E-state index is 12.7.